The second-order valence-electron chi connectivity index (χ2n) is 1.99. The molecule has 2 aromatic rings. The van der Waals surface area contributed by atoms with Gasteiger partial charge in [-0.2, -0.15) is 0 Å². The monoisotopic (exact) mass is 189 g/mol. The third-order valence-electron chi connectivity index (χ3n) is 1.34. The zero-order valence-electron chi connectivity index (χ0n) is 9.23. The van der Waals surface area contributed by atoms with Crippen molar-refractivity contribution in [3.63, 3.8) is 0 Å². The predicted molar refractivity (Wildman–Crippen MR) is 61.1 cm³/mol. The van der Waals surface area contributed by atoms with Crippen LogP contribution in [0.5, 0.6) is 0 Å². The van der Waals surface area contributed by atoms with Crippen LogP contribution in [0, 0.1) is 0 Å². The van der Waals surface area contributed by atoms with Gasteiger partial charge in [0.15, 0.2) is 5.65 Å². The molecule has 4 heteroatoms. The first-order valence-electron chi connectivity index (χ1n) is 4.90. The highest BCUT2D eigenvalue weighted by Crippen LogP contribution is 1.91. The lowest BCUT2D eigenvalue weighted by Crippen LogP contribution is -2.13. The number of aromatic nitrogens is 3. The van der Waals surface area contributed by atoms with Crippen LogP contribution in [0.2, 0.25) is 0 Å². The zero-order chi connectivity index (χ0) is 11.0. The summed E-state index contributed by atoms with van der Waals surface area (Å²) < 4.78 is 1.77. The van der Waals surface area contributed by atoms with E-state index < -0.39 is 0 Å². The van der Waals surface area contributed by atoms with E-state index in [-0.39, 0.29) is 0 Å². The van der Waals surface area contributed by atoms with E-state index in [1.807, 2.05) is 27.7 Å². The molecule has 0 saturated heterocycles. The average molecular weight is 189 g/mol. The first kappa shape index (κ1) is 12.7. The van der Waals surface area contributed by atoms with Gasteiger partial charge in [-0.05, 0) is 5.59 Å². The Labute approximate surface area is 86.6 Å². The average Bonchev–Trinajstić information content (AvgIpc) is 2.73. The first-order valence-corrected chi connectivity index (χ1v) is 4.90. The summed E-state index contributed by atoms with van der Waals surface area (Å²) in [6.07, 6.45) is 6.74. The van der Waals surface area contributed by atoms with E-state index in [9.17, 15) is 0 Å². The smallest absolute Gasteiger partial charge is 0.154 e. The lowest BCUT2D eigenvalue weighted by atomic mass is 10.1. The second-order valence-corrected chi connectivity index (χ2v) is 1.99. The molecule has 0 aliphatic carbocycles. The Bertz CT molecular complexity index is 357. The molecule has 0 amide bonds. The van der Waals surface area contributed by atoms with Gasteiger partial charge in [-0.25, -0.2) is 4.98 Å². The fraction of sp³-hybridized carbons (Fsp3) is 0.400. The Morgan fingerprint density at radius 1 is 1.14 bits per heavy atom. The van der Waals surface area contributed by atoms with Crippen LogP contribution in [-0.4, -0.2) is 22.2 Å². The number of rotatable bonds is 0. The normalized spacial score (nSPS) is 8.29. The van der Waals surface area contributed by atoms with Crippen LogP contribution in [0.15, 0.2) is 24.8 Å². The minimum atomic E-state index is 0.606. The fourth-order valence-corrected chi connectivity index (χ4v) is 0.871. The molecule has 0 aromatic carbocycles. The molecule has 0 aliphatic heterocycles. The van der Waals surface area contributed by atoms with Crippen molar-refractivity contribution in [1.29, 1.82) is 0 Å². The molecular weight excluding hydrogens is 173 g/mol. The van der Waals surface area contributed by atoms with E-state index in [0.717, 1.165) is 5.65 Å². The van der Waals surface area contributed by atoms with Crippen molar-refractivity contribution in [2.24, 2.45) is 0 Å². The Kier molecular flexibility index (Phi) is 6.45. The molecule has 2 aromatic heterocycles. The highest BCUT2D eigenvalue weighted by Gasteiger charge is 1.92. The van der Waals surface area contributed by atoms with E-state index in [1.54, 1.807) is 29.2 Å². The number of hydrogen-bond acceptors (Lipinski definition) is 2. The van der Waals surface area contributed by atoms with Gasteiger partial charge in [0.2, 0.25) is 0 Å². The summed E-state index contributed by atoms with van der Waals surface area (Å²) in [6, 6.07) is 0. The lowest BCUT2D eigenvalue weighted by Gasteiger charge is -1.95. The Morgan fingerprint density at radius 2 is 1.79 bits per heavy atom. The summed E-state index contributed by atoms with van der Waals surface area (Å²) in [5.74, 6) is 0. The molecular formula is C10H16BN3. The standard InChI is InChI=1S/C6H4BN3.2C2H6/c7-5-3-8-4-6-9-1-2-10(5)6;2*1-2/h1-4H;2*1-2H3. The first-order chi connectivity index (χ1) is 6.88. The lowest BCUT2D eigenvalue weighted by molar-refractivity contribution is 1.17. The van der Waals surface area contributed by atoms with Crippen molar-refractivity contribution >= 4 is 19.1 Å². The van der Waals surface area contributed by atoms with Crippen LogP contribution in [-0.2, 0) is 0 Å². The quantitative estimate of drug-likeness (QED) is 0.589. The molecule has 2 radical (unpaired) electrons. The predicted octanol–water partition coefficient (Wildman–Crippen LogP) is 1.58. The summed E-state index contributed by atoms with van der Waals surface area (Å²) in [7, 11) is 5.56. The van der Waals surface area contributed by atoms with Crippen molar-refractivity contribution < 1.29 is 0 Å². The topological polar surface area (TPSA) is 30.2 Å². The molecule has 0 unspecified atom stereocenters. The minimum absolute atomic E-state index is 0.606. The van der Waals surface area contributed by atoms with Crippen LogP contribution < -0.4 is 5.59 Å². The van der Waals surface area contributed by atoms with Gasteiger partial charge in [-0.15, -0.1) is 0 Å². The van der Waals surface area contributed by atoms with Crippen LogP contribution in [0.25, 0.3) is 5.65 Å². The van der Waals surface area contributed by atoms with Crippen LogP contribution in [0.4, 0.5) is 0 Å². The summed E-state index contributed by atoms with van der Waals surface area (Å²) in [6.45, 7) is 8.00. The Hall–Kier alpha value is -1.32. The summed E-state index contributed by atoms with van der Waals surface area (Å²) in [5, 5.41) is 0. The maximum absolute atomic E-state index is 5.56. The van der Waals surface area contributed by atoms with E-state index >= 15 is 0 Å². The third kappa shape index (κ3) is 2.87. The van der Waals surface area contributed by atoms with Crippen molar-refractivity contribution in [2.45, 2.75) is 27.7 Å². The van der Waals surface area contributed by atoms with Crippen LogP contribution in [0.1, 0.15) is 27.7 Å². The molecule has 2 heterocycles. The van der Waals surface area contributed by atoms with Gasteiger partial charge in [0.05, 0.1) is 6.20 Å². The van der Waals surface area contributed by atoms with Gasteiger partial charge in [0, 0.05) is 18.6 Å². The van der Waals surface area contributed by atoms with Gasteiger partial charge >= 0.3 is 0 Å². The maximum atomic E-state index is 5.56. The number of fused-ring (bicyclic) bond motifs is 1. The highest BCUT2D eigenvalue weighted by molar-refractivity contribution is 6.30. The van der Waals surface area contributed by atoms with Crippen LogP contribution in [0.3, 0.4) is 0 Å². The van der Waals surface area contributed by atoms with E-state index in [0.29, 0.717) is 5.59 Å². The molecule has 0 bridgehead atoms. The van der Waals surface area contributed by atoms with Gasteiger partial charge in [0.1, 0.15) is 7.85 Å². The number of nitrogens with zero attached hydrogens (tertiary/aromatic N) is 3. The molecule has 3 nitrogen and oxygen atoms in total. The highest BCUT2D eigenvalue weighted by atomic mass is 15.0. The van der Waals surface area contributed by atoms with Crippen molar-refractivity contribution in [2.75, 3.05) is 0 Å². The van der Waals surface area contributed by atoms with E-state index in [4.69, 9.17) is 7.85 Å². The van der Waals surface area contributed by atoms with Crippen molar-refractivity contribution in [1.82, 2.24) is 14.4 Å². The zero-order valence-corrected chi connectivity index (χ0v) is 9.23. The van der Waals surface area contributed by atoms with Gasteiger partial charge in [-0.3, -0.25) is 4.98 Å². The largest absolute Gasteiger partial charge is 0.312 e. The molecule has 0 spiro atoms. The molecule has 2 rings (SSSR count). The second kappa shape index (κ2) is 7.12. The van der Waals surface area contributed by atoms with Crippen LogP contribution >= 0.6 is 0 Å². The molecule has 74 valence electrons. The van der Waals surface area contributed by atoms with E-state index in [2.05, 4.69) is 9.97 Å². The molecule has 0 aliphatic rings. The molecule has 0 N–H and O–H groups in total. The van der Waals surface area contributed by atoms with Crippen molar-refractivity contribution in [3.8, 4) is 0 Å². The molecule has 0 fully saturated rings. The Balaban J connectivity index is 0.000000379. The van der Waals surface area contributed by atoms with Gasteiger partial charge in [-0.1, -0.05) is 27.7 Å². The summed E-state index contributed by atoms with van der Waals surface area (Å²) >= 11 is 0. The molecule has 14 heavy (non-hydrogen) atoms. The van der Waals surface area contributed by atoms with Gasteiger partial charge in [0.25, 0.3) is 0 Å². The summed E-state index contributed by atoms with van der Waals surface area (Å²) in [4.78, 5) is 7.88. The number of imidazole rings is 1. The molecule has 0 atom stereocenters. The SMILES string of the molecule is CC.CC.[B]c1cncc2nccn12. The minimum Gasteiger partial charge on any atom is -0.312 e. The van der Waals surface area contributed by atoms with Crippen molar-refractivity contribution in [3.05, 3.63) is 24.8 Å². The number of hydrogen-bond donors (Lipinski definition) is 0. The van der Waals surface area contributed by atoms with E-state index in [1.165, 1.54) is 0 Å². The maximum Gasteiger partial charge on any atom is 0.154 e. The fourth-order valence-electron chi connectivity index (χ4n) is 0.871. The molecule has 0 saturated carbocycles. The third-order valence-corrected chi connectivity index (χ3v) is 1.34. The van der Waals surface area contributed by atoms with Gasteiger partial charge < -0.3 is 4.40 Å². The Morgan fingerprint density at radius 3 is 2.36 bits per heavy atom. The summed E-state index contributed by atoms with van der Waals surface area (Å²) in [5.41, 5.74) is 1.38.